The van der Waals surface area contributed by atoms with Crippen molar-refractivity contribution in [1.29, 1.82) is 0 Å². The quantitative estimate of drug-likeness (QED) is 0.800. The molecule has 1 aromatic rings. The fraction of sp³-hybridized carbons (Fsp3) is 0.786. The van der Waals surface area contributed by atoms with Crippen LogP contribution in [0.4, 0.5) is 0 Å². The van der Waals surface area contributed by atoms with E-state index in [4.69, 9.17) is 10.8 Å². The van der Waals surface area contributed by atoms with Gasteiger partial charge in [0.25, 0.3) is 0 Å². The number of aliphatic hydroxyl groups is 1. The lowest BCUT2D eigenvalue weighted by molar-refractivity contribution is 0.107. The Bertz CT molecular complexity index is 379. The first kappa shape index (κ1) is 14.5. The van der Waals surface area contributed by atoms with E-state index in [1.54, 1.807) is 4.68 Å². The zero-order valence-electron chi connectivity index (χ0n) is 11.8. The Kier molecular flexibility index (Phi) is 5.36. The largest absolute Gasteiger partial charge is 0.394 e. The average molecular weight is 266 g/mol. The van der Waals surface area contributed by atoms with Gasteiger partial charge in [0.15, 0.2) is 0 Å². The summed E-state index contributed by atoms with van der Waals surface area (Å²) >= 11 is 0. The van der Waals surface area contributed by atoms with Crippen molar-refractivity contribution in [2.24, 2.45) is 11.7 Å². The van der Waals surface area contributed by atoms with Gasteiger partial charge in [-0.3, -0.25) is 9.58 Å². The van der Waals surface area contributed by atoms with E-state index in [1.807, 2.05) is 12.4 Å². The van der Waals surface area contributed by atoms with Crippen LogP contribution in [0.3, 0.4) is 0 Å². The Balaban J connectivity index is 1.93. The Hall–Kier alpha value is -0.910. The van der Waals surface area contributed by atoms with E-state index in [2.05, 4.69) is 16.9 Å². The molecule has 2 rings (SSSR count). The number of nitrogens with zero attached hydrogens (tertiary/aromatic N) is 3. The lowest BCUT2D eigenvalue weighted by Crippen LogP contribution is -2.45. The fourth-order valence-corrected chi connectivity index (χ4v) is 2.95. The minimum absolute atomic E-state index is 0.133. The summed E-state index contributed by atoms with van der Waals surface area (Å²) in [5.41, 5.74) is 7.13. The lowest BCUT2D eigenvalue weighted by atomic mass is 9.89. The van der Waals surface area contributed by atoms with Gasteiger partial charge in [0.05, 0.1) is 19.3 Å². The summed E-state index contributed by atoms with van der Waals surface area (Å²) in [5.74, 6) is 0.835. The van der Waals surface area contributed by atoms with E-state index in [-0.39, 0.29) is 6.61 Å². The lowest BCUT2D eigenvalue weighted by Gasteiger charge is -2.38. The van der Waals surface area contributed by atoms with Crippen LogP contribution in [0.2, 0.25) is 0 Å². The predicted octanol–water partition coefficient (Wildman–Crippen LogP) is 0.825. The van der Waals surface area contributed by atoms with Crippen LogP contribution in [0.15, 0.2) is 12.4 Å². The second kappa shape index (κ2) is 7.03. The Morgan fingerprint density at radius 3 is 3.05 bits per heavy atom. The van der Waals surface area contributed by atoms with Crippen LogP contribution < -0.4 is 5.73 Å². The van der Waals surface area contributed by atoms with Crippen molar-refractivity contribution in [3.05, 3.63) is 18.0 Å². The molecule has 1 saturated heterocycles. The third-order valence-corrected chi connectivity index (χ3v) is 4.20. The monoisotopic (exact) mass is 266 g/mol. The first-order valence-corrected chi connectivity index (χ1v) is 7.33. The number of nitrogens with two attached hydrogens (primary N) is 1. The third kappa shape index (κ3) is 3.78. The summed E-state index contributed by atoms with van der Waals surface area (Å²) in [7, 11) is 0. The molecule has 19 heavy (non-hydrogen) atoms. The molecule has 0 saturated carbocycles. The molecule has 5 heteroatoms. The molecule has 1 aliphatic rings. The highest BCUT2D eigenvalue weighted by Crippen LogP contribution is 2.26. The molecule has 3 N–H and O–H groups in total. The molecular formula is C14H26N4O. The Labute approximate surface area is 115 Å². The summed E-state index contributed by atoms with van der Waals surface area (Å²) in [5, 5.41) is 13.2. The van der Waals surface area contributed by atoms with Crippen molar-refractivity contribution in [2.75, 3.05) is 19.7 Å². The van der Waals surface area contributed by atoms with Crippen LogP contribution in [-0.4, -0.2) is 45.5 Å². The first-order chi connectivity index (χ1) is 9.26. The normalized spacial score (nSPS) is 24.8. The van der Waals surface area contributed by atoms with Crippen molar-refractivity contribution in [3.8, 4) is 0 Å². The number of aliphatic hydroxyl groups excluding tert-OH is 1. The SMILES string of the molecule is CCC1CCN(Cc2cnn(CCO)c2)C(CN)C1. The fourth-order valence-electron chi connectivity index (χ4n) is 2.95. The molecule has 1 fully saturated rings. The highest BCUT2D eigenvalue weighted by atomic mass is 16.3. The van der Waals surface area contributed by atoms with Crippen LogP contribution in [-0.2, 0) is 13.1 Å². The van der Waals surface area contributed by atoms with E-state index in [0.717, 1.165) is 25.6 Å². The second-order valence-corrected chi connectivity index (χ2v) is 5.49. The molecule has 2 heterocycles. The molecule has 1 aliphatic heterocycles. The average Bonchev–Trinajstić information content (AvgIpc) is 2.87. The summed E-state index contributed by atoms with van der Waals surface area (Å²) in [6.45, 7) is 5.76. The number of likely N-dealkylation sites (tertiary alicyclic amines) is 1. The van der Waals surface area contributed by atoms with Gasteiger partial charge in [0.2, 0.25) is 0 Å². The summed E-state index contributed by atoms with van der Waals surface area (Å²) in [6.07, 6.45) is 7.68. The van der Waals surface area contributed by atoms with Gasteiger partial charge in [0, 0.05) is 30.9 Å². The van der Waals surface area contributed by atoms with Crippen LogP contribution in [0, 0.1) is 5.92 Å². The van der Waals surface area contributed by atoms with Crippen LogP contribution >= 0.6 is 0 Å². The Morgan fingerprint density at radius 2 is 2.37 bits per heavy atom. The van der Waals surface area contributed by atoms with Gasteiger partial charge in [-0.05, 0) is 25.3 Å². The van der Waals surface area contributed by atoms with Crippen LogP contribution in [0.25, 0.3) is 0 Å². The van der Waals surface area contributed by atoms with E-state index in [1.165, 1.54) is 24.8 Å². The molecule has 0 aliphatic carbocycles. The summed E-state index contributed by atoms with van der Waals surface area (Å²) < 4.78 is 1.80. The number of hydrogen-bond donors (Lipinski definition) is 2. The molecule has 0 bridgehead atoms. The number of hydrogen-bond acceptors (Lipinski definition) is 4. The van der Waals surface area contributed by atoms with E-state index in [0.29, 0.717) is 12.6 Å². The molecule has 0 radical (unpaired) electrons. The molecule has 0 aromatic carbocycles. The van der Waals surface area contributed by atoms with Crippen LogP contribution in [0.1, 0.15) is 31.7 Å². The zero-order chi connectivity index (χ0) is 13.7. The van der Waals surface area contributed by atoms with Gasteiger partial charge in [-0.2, -0.15) is 5.10 Å². The van der Waals surface area contributed by atoms with Gasteiger partial charge >= 0.3 is 0 Å². The molecule has 1 aromatic heterocycles. The van der Waals surface area contributed by atoms with Crippen molar-refractivity contribution in [2.45, 2.75) is 45.3 Å². The Morgan fingerprint density at radius 1 is 1.53 bits per heavy atom. The maximum atomic E-state index is 8.90. The molecule has 5 nitrogen and oxygen atoms in total. The van der Waals surface area contributed by atoms with Crippen LogP contribution in [0.5, 0.6) is 0 Å². The van der Waals surface area contributed by atoms with E-state index < -0.39 is 0 Å². The second-order valence-electron chi connectivity index (χ2n) is 5.49. The van der Waals surface area contributed by atoms with E-state index in [9.17, 15) is 0 Å². The maximum absolute atomic E-state index is 8.90. The standard InChI is InChI=1S/C14H26N4O/c1-2-12-3-4-17(14(7-12)8-15)10-13-9-16-18(11-13)5-6-19/h9,11-12,14,19H,2-8,10,15H2,1H3. The molecule has 0 spiro atoms. The van der Waals surface area contributed by atoms with Gasteiger partial charge in [-0.1, -0.05) is 13.3 Å². The molecule has 0 amide bonds. The van der Waals surface area contributed by atoms with Crippen molar-refractivity contribution in [3.63, 3.8) is 0 Å². The van der Waals surface area contributed by atoms with Crippen molar-refractivity contribution >= 4 is 0 Å². The first-order valence-electron chi connectivity index (χ1n) is 7.33. The van der Waals surface area contributed by atoms with Gasteiger partial charge < -0.3 is 10.8 Å². The molecule has 2 atom stereocenters. The smallest absolute Gasteiger partial charge is 0.0640 e. The highest BCUT2D eigenvalue weighted by molar-refractivity contribution is 5.04. The number of aromatic nitrogens is 2. The third-order valence-electron chi connectivity index (χ3n) is 4.20. The van der Waals surface area contributed by atoms with Gasteiger partial charge in [-0.25, -0.2) is 0 Å². The highest BCUT2D eigenvalue weighted by Gasteiger charge is 2.26. The minimum Gasteiger partial charge on any atom is -0.394 e. The van der Waals surface area contributed by atoms with Crippen molar-refractivity contribution < 1.29 is 5.11 Å². The minimum atomic E-state index is 0.133. The topological polar surface area (TPSA) is 67.3 Å². The number of rotatable bonds is 6. The maximum Gasteiger partial charge on any atom is 0.0640 e. The van der Waals surface area contributed by atoms with E-state index >= 15 is 0 Å². The summed E-state index contributed by atoms with van der Waals surface area (Å²) in [4.78, 5) is 2.48. The number of piperidine rings is 1. The molecular weight excluding hydrogens is 240 g/mol. The van der Waals surface area contributed by atoms with Crippen molar-refractivity contribution in [1.82, 2.24) is 14.7 Å². The van der Waals surface area contributed by atoms with Gasteiger partial charge in [-0.15, -0.1) is 0 Å². The zero-order valence-corrected chi connectivity index (χ0v) is 11.8. The summed E-state index contributed by atoms with van der Waals surface area (Å²) in [6, 6.07) is 0.500. The van der Waals surface area contributed by atoms with Gasteiger partial charge in [0.1, 0.15) is 0 Å². The predicted molar refractivity (Wildman–Crippen MR) is 75.6 cm³/mol. The molecule has 108 valence electrons. The molecule has 2 unspecified atom stereocenters.